The molecule has 1 amide bonds. The first-order chi connectivity index (χ1) is 14.4. The van der Waals surface area contributed by atoms with Gasteiger partial charge >= 0.3 is 0 Å². The molecule has 1 aromatic heterocycles. The summed E-state index contributed by atoms with van der Waals surface area (Å²) in [5, 5.41) is 9.06. The number of nitrogens with zero attached hydrogens (tertiary/aromatic N) is 4. The number of fused-ring (bicyclic) bond motifs is 3. The topological polar surface area (TPSA) is 68.2 Å². The van der Waals surface area contributed by atoms with Gasteiger partial charge in [-0.1, -0.05) is 30.3 Å². The Bertz CT molecular complexity index is 1150. The van der Waals surface area contributed by atoms with Crippen molar-refractivity contribution < 1.29 is 18.3 Å². The van der Waals surface area contributed by atoms with Gasteiger partial charge in [0.15, 0.2) is 5.69 Å². The molecule has 3 aromatic rings. The van der Waals surface area contributed by atoms with Gasteiger partial charge in [0.05, 0.1) is 11.3 Å². The highest BCUT2D eigenvalue weighted by atomic mass is 35.5. The third kappa shape index (κ3) is 3.70. The minimum absolute atomic E-state index is 0.0434. The van der Waals surface area contributed by atoms with Crippen LogP contribution in [0.2, 0.25) is 5.02 Å². The first kappa shape index (κ1) is 20.5. The Kier molecular flexibility index (Phi) is 5.57. The van der Waals surface area contributed by atoms with Crippen LogP contribution in [0.15, 0.2) is 41.6 Å². The lowest BCUT2D eigenvalue weighted by Gasteiger charge is -2.30. The SMILES string of the molecule is CCSc1nnc2c(n1)O[C@H](c1cc(F)ccc1F)N(C(C)=O)c1ccc(Cl)cc1-2. The summed E-state index contributed by atoms with van der Waals surface area (Å²) in [5.41, 5.74) is 0.909. The number of carbonyl (C=O) groups is 1. The molecule has 0 spiro atoms. The van der Waals surface area contributed by atoms with E-state index in [0.717, 1.165) is 18.2 Å². The number of carbonyl (C=O) groups excluding carboxylic acids is 1. The van der Waals surface area contributed by atoms with Gasteiger partial charge in [0, 0.05) is 17.5 Å². The highest BCUT2D eigenvalue weighted by molar-refractivity contribution is 7.99. The molecule has 6 nitrogen and oxygen atoms in total. The predicted molar refractivity (Wildman–Crippen MR) is 110 cm³/mol. The second-order valence-electron chi connectivity index (χ2n) is 6.37. The Morgan fingerprint density at radius 3 is 2.77 bits per heavy atom. The maximum atomic E-state index is 14.7. The van der Waals surface area contributed by atoms with Crippen LogP contribution < -0.4 is 9.64 Å². The monoisotopic (exact) mass is 448 g/mol. The van der Waals surface area contributed by atoms with Crippen molar-refractivity contribution in [3.8, 4) is 17.1 Å². The highest BCUT2D eigenvalue weighted by Crippen LogP contribution is 2.44. The zero-order valence-corrected chi connectivity index (χ0v) is 17.5. The lowest BCUT2D eigenvalue weighted by atomic mass is 10.1. The summed E-state index contributed by atoms with van der Waals surface area (Å²) in [4.78, 5) is 18.2. The van der Waals surface area contributed by atoms with E-state index >= 15 is 0 Å². The second kappa shape index (κ2) is 8.16. The van der Waals surface area contributed by atoms with Gasteiger partial charge in [0.1, 0.15) is 11.6 Å². The lowest BCUT2D eigenvalue weighted by Crippen LogP contribution is -2.36. The molecule has 1 aliphatic heterocycles. The Balaban J connectivity index is 2.00. The molecule has 0 N–H and O–H groups in total. The number of anilines is 1. The molecule has 1 aliphatic rings. The molecular formula is C20H15ClF2N4O2S. The average Bonchev–Trinajstić information content (AvgIpc) is 2.84. The van der Waals surface area contributed by atoms with Crippen LogP contribution in [0.3, 0.4) is 0 Å². The fourth-order valence-electron chi connectivity index (χ4n) is 3.17. The van der Waals surface area contributed by atoms with E-state index in [4.69, 9.17) is 16.3 Å². The summed E-state index contributed by atoms with van der Waals surface area (Å²) in [5.74, 6) is -1.10. The summed E-state index contributed by atoms with van der Waals surface area (Å²) in [6.45, 7) is 3.23. The molecule has 10 heteroatoms. The maximum absolute atomic E-state index is 14.7. The molecule has 30 heavy (non-hydrogen) atoms. The van der Waals surface area contributed by atoms with Gasteiger partial charge in [-0.15, -0.1) is 10.2 Å². The molecule has 0 bridgehead atoms. The van der Waals surface area contributed by atoms with Gasteiger partial charge in [-0.2, -0.15) is 4.98 Å². The van der Waals surface area contributed by atoms with E-state index in [1.807, 2.05) is 6.92 Å². The van der Waals surface area contributed by atoms with Crippen LogP contribution in [0.25, 0.3) is 11.3 Å². The van der Waals surface area contributed by atoms with Crippen molar-refractivity contribution in [1.82, 2.24) is 15.2 Å². The summed E-state index contributed by atoms with van der Waals surface area (Å²) >= 11 is 7.52. The third-order valence-electron chi connectivity index (χ3n) is 4.40. The maximum Gasteiger partial charge on any atom is 0.247 e. The number of benzene rings is 2. The number of halogens is 3. The molecule has 2 aromatic carbocycles. The molecular weight excluding hydrogens is 434 g/mol. The zero-order valence-electron chi connectivity index (χ0n) is 15.9. The normalized spacial score (nSPS) is 15.1. The van der Waals surface area contributed by atoms with E-state index in [0.29, 0.717) is 27.2 Å². The Labute approximate surface area is 180 Å². The quantitative estimate of drug-likeness (QED) is 0.524. The van der Waals surface area contributed by atoms with Crippen molar-refractivity contribution in [3.05, 3.63) is 58.6 Å². The molecule has 0 fully saturated rings. The first-order valence-electron chi connectivity index (χ1n) is 8.98. The smallest absolute Gasteiger partial charge is 0.247 e. The minimum Gasteiger partial charge on any atom is -0.447 e. The van der Waals surface area contributed by atoms with Crippen molar-refractivity contribution in [2.75, 3.05) is 10.7 Å². The largest absolute Gasteiger partial charge is 0.447 e. The Morgan fingerprint density at radius 2 is 2.03 bits per heavy atom. The van der Waals surface area contributed by atoms with Gasteiger partial charge in [0.2, 0.25) is 23.2 Å². The second-order valence-corrected chi connectivity index (χ2v) is 8.04. The molecule has 0 unspecified atom stereocenters. The van der Waals surface area contributed by atoms with Gasteiger partial charge in [-0.3, -0.25) is 9.69 Å². The van der Waals surface area contributed by atoms with Gasteiger partial charge < -0.3 is 4.74 Å². The van der Waals surface area contributed by atoms with E-state index in [1.165, 1.54) is 23.6 Å². The summed E-state index contributed by atoms with van der Waals surface area (Å²) in [6.07, 6.45) is -1.31. The highest BCUT2D eigenvalue weighted by Gasteiger charge is 2.36. The van der Waals surface area contributed by atoms with E-state index in [9.17, 15) is 13.6 Å². The van der Waals surface area contributed by atoms with Crippen LogP contribution >= 0.6 is 23.4 Å². The van der Waals surface area contributed by atoms with Gasteiger partial charge in [-0.25, -0.2) is 8.78 Å². The van der Waals surface area contributed by atoms with Crippen LogP contribution in [0, 0.1) is 11.6 Å². The molecule has 2 heterocycles. The molecule has 0 aliphatic carbocycles. The van der Waals surface area contributed by atoms with Crippen molar-refractivity contribution in [2.24, 2.45) is 0 Å². The number of ether oxygens (including phenoxy) is 1. The van der Waals surface area contributed by atoms with Crippen LogP contribution in [0.5, 0.6) is 5.88 Å². The Hall–Kier alpha value is -2.78. The number of rotatable bonds is 3. The van der Waals surface area contributed by atoms with E-state index in [2.05, 4.69) is 15.2 Å². The molecule has 1 atom stereocenters. The predicted octanol–water partition coefficient (Wildman–Crippen LogP) is 5.03. The van der Waals surface area contributed by atoms with Crippen molar-refractivity contribution in [2.45, 2.75) is 25.2 Å². The third-order valence-corrected chi connectivity index (χ3v) is 5.36. The summed E-state index contributed by atoms with van der Waals surface area (Å²) < 4.78 is 34.6. The first-order valence-corrected chi connectivity index (χ1v) is 10.3. The summed E-state index contributed by atoms with van der Waals surface area (Å²) in [6, 6.07) is 7.75. The van der Waals surface area contributed by atoms with Gasteiger partial charge in [0.25, 0.3) is 0 Å². The summed E-state index contributed by atoms with van der Waals surface area (Å²) in [7, 11) is 0. The number of thioether (sulfide) groups is 1. The molecule has 0 saturated heterocycles. The van der Waals surface area contributed by atoms with Crippen molar-refractivity contribution in [3.63, 3.8) is 0 Å². The van der Waals surface area contributed by atoms with Crippen molar-refractivity contribution >= 4 is 35.0 Å². The van der Waals surface area contributed by atoms with Crippen molar-refractivity contribution in [1.29, 1.82) is 0 Å². The van der Waals surface area contributed by atoms with Crippen LogP contribution in [0.1, 0.15) is 25.6 Å². The standard InChI is InChI=1S/C20H15ClF2N4O2S/c1-3-30-20-24-18-17(25-26-20)14-8-11(21)4-7-16(14)27(10(2)28)19(29-18)13-9-12(22)5-6-15(13)23/h4-9,19H,3H2,1-2H3/t19-/m1/s1. The molecule has 154 valence electrons. The molecule has 0 radical (unpaired) electrons. The average molecular weight is 449 g/mol. The van der Waals surface area contributed by atoms with E-state index in [1.54, 1.807) is 18.2 Å². The number of hydrogen-bond donors (Lipinski definition) is 0. The lowest BCUT2D eigenvalue weighted by molar-refractivity contribution is -0.118. The number of hydrogen-bond acceptors (Lipinski definition) is 6. The number of aromatic nitrogens is 3. The van der Waals surface area contributed by atoms with Crippen LogP contribution in [-0.2, 0) is 4.79 Å². The zero-order chi connectivity index (χ0) is 21.4. The Morgan fingerprint density at radius 1 is 1.23 bits per heavy atom. The van der Waals surface area contributed by atoms with Gasteiger partial charge in [-0.05, 0) is 42.2 Å². The van der Waals surface area contributed by atoms with E-state index in [-0.39, 0.29) is 17.1 Å². The fourth-order valence-corrected chi connectivity index (χ4v) is 3.85. The molecule has 4 rings (SSSR count). The van der Waals surface area contributed by atoms with Crippen LogP contribution in [-0.4, -0.2) is 26.8 Å². The minimum atomic E-state index is -1.31. The molecule has 0 saturated carbocycles. The van der Waals surface area contributed by atoms with E-state index < -0.39 is 23.8 Å². The fraction of sp³-hybridized carbons (Fsp3) is 0.200. The number of amides is 1. The van der Waals surface area contributed by atoms with Crippen LogP contribution in [0.4, 0.5) is 14.5 Å².